The standard InChI is InChI=1S/C16H10O7/c17-9-2-1-6(3-10(9)18)7-4-11(19)13-8(14(7)21)5-12(20)15(22)16(13)23/h1-5,17-18,20,22-23H. The van der Waals surface area contributed by atoms with Gasteiger partial charge in [0.15, 0.2) is 34.6 Å². The molecule has 0 aliphatic heterocycles. The van der Waals surface area contributed by atoms with Crippen LogP contribution in [0, 0.1) is 0 Å². The molecule has 7 nitrogen and oxygen atoms in total. The van der Waals surface area contributed by atoms with E-state index < -0.39 is 40.1 Å². The van der Waals surface area contributed by atoms with Crippen molar-refractivity contribution in [1.82, 2.24) is 0 Å². The molecule has 0 atom stereocenters. The summed E-state index contributed by atoms with van der Waals surface area (Å²) in [5, 5.41) is 47.6. The SMILES string of the molecule is O=C1C(c2ccc(O)c(O)c2)=CC(=O)c2c1cc(O)c(O)c2O. The van der Waals surface area contributed by atoms with Crippen LogP contribution in [-0.4, -0.2) is 37.1 Å². The zero-order chi connectivity index (χ0) is 16.9. The molecule has 2 aromatic rings. The number of fused-ring (bicyclic) bond motifs is 1. The smallest absolute Gasteiger partial charge is 0.201 e. The van der Waals surface area contributed by atoms with Gasteiger partial charge >= 0.3 is 0 Å². The van der Waals surface area contributed by atoms with E-state index in [2.05, 4.69) is 0 Å². The third kappa shape index (κ3) is 2.06. The van der Waals surface area contributed by atoms with Crippen LogP contribution >= 0.6 is 0 Å². The number of rotatable bonds is 1. The Bertz CT molecular complexity index is 909. The molecule has 0 heterocycles. The second-order valence-corrected chi connectivity index (χ2v) is 4.97. The Morgan fingerprint density at radius 2 is 1.43 bits per heavy atom. The van der Waals surface area contributed by atoms with Gasteiger partial charge in [-0.15, -0.1) is 0 Å². The molecule has 2 aromatic carbocycles. The van der Waals surface area contributed by atoms with Crippen LogP contribution in [0.25, 0.3) is 5.57 Å². The Labute approximate surface area is 129 Å². The first-order valence-corrected chi connectivity index (χ1v) is 6.42. The van der Waals surface area contributed by atoms with Gasteiger partial charge in [-0.25, -0.2) is 0 Å². The van der Waals surface area contributed by atoms with E-state index in [1.54, 1.807) is 0 Å². The van der Waals surface area contributed by atoms with Crippen LogP contribution in [0.1, 0.15) is 26.3 Å². The summed E-state index contributed by atoms with van der Waals surface area (Å²) in [6.07, 6.45) is 0.951. The molecule has 0 fully saturated rings. The lowest BCUT2D eigenvalue weighted by molar-refractivity contribution is 0.0998. The van der Waals surface area contributed by atoms with E-state index in [9.17, 15) is 35.1 Å². The second-order valence-electron chi connectivity index (χ2n) is 4.97. The number of phenols is 5. The van der Waals surface area contributed by atoms with Gasteiger partial charge in [-0.2, -0.15) is 0 Å². The summed E-state index contributed by atoms with van der Waals surface area (Å²) in [5.41, 5.74) is -0.580. The Balaban J connectivity index is 2.21. The molecule has 0 spiro atoms. The molecule has 23 heavy (non-hydrogen) atoms. The van der Waals surface area contributed by atoms with Crippen molar-refractivity contribution < 1.29 is 35.1 Å². The number of hydrogen-bond donors (Lipinski definition) is 5. The molecule has 7 heteroatoms. The van der Waals surface area contributed by atoms with Gasteiger partial charge in [0.2, 0.25) is 5.75 Å². The maximum absolute atomic E-state index is 12.5. The van der Waals surface area contributed by atoms with Gasteiger partial charge in [-0.3, -0.25) is 9.59 Å². The van der Waals surface area contributed by atoms with Crippen LogP contribution in [0.2, 0.25) is 0 Å². The van der Waals surface area contributed by atoms with Gasteiger partial charge in [0, 0.05) is 11.1 Å². The summed E-state index contributed by atoms with van der Waals surface area (Å²) >= 11 is 0. The topological polar surface area (TPSA) is 135 Å². The number of carbonyl (C=O) groups is 2. The number of aromatic hydroxyl groups is 5. The van der Waals surface area contributed by atoms with Crippen molar-refractivity contribution >= 4 is 17.1 Å². The molecule has 1 aliphatic rings. The normalized spacial score (nSPS) is 13.7. The fourth-order valence-corrected chi connectivity index (χ4v) is 2.39. The molecule has 0 amide bonds. The molecule has 3 rings (SSSR count). The van der Waals surface area contributed by atoms with E-state index in [0.717, 1.165) is 24.3 Å². The third-order valence-electron chi connectivity index (χ3n) is 3.55. The summed E-state index contributed by atoms with van der Waals surface area (Å²) in [4.78, 5) is 24.7. The second kappa shape index (κ2) is 4.77. The number of Topliss-reactive ketones (excluding diaryl/α,β-unsaturated/α-hetero) is 1. The highest BCUT2D eigenvalue weighted by atomic mass is 16.3. The molecule has 116 valence electrons. The van der Waals surface area contributed by atoms with Gasteiger partial charge in [0.1, 0.15) is 0 Å². The van der Waals surface area contributed by atoms with Crippen molar-refractivity contribution in [2.24, 2.45) is 0 Å². The number of ketones is 2. The number of phenolic OH excluding ortho intramolecular Hbond substituents is 5. The molecule has 0 saturated carbocycles. The molecule has 1 aliphatic carbocycles. The zero-order valence-electron chi connectivity index (χ0n) is 11.4. The van der Waals surface area contributed by atoms with Crippen LogP contribution in [0.5, 0.6) is 28.7 Å². The number of allylic oxidation sites excluding steroid dienone is 2. The van der Waals surface area contributed by atoms with Gasteiger partial charge in [0.25, 0.3) is 0 Å². The average molecular weight is 314 g/mol. The Hall–Kier alpha value is -3.48. The molecular weight excluding hydrogens is 304 g/mol. The Kier molecular flexibility index (Phi) is 3.00. The molecule has 0 saturated heterocycles. The zero-order valence-corrected chi connectivity index (χ0v) is 11.4. The number of hydrogen-bond acceptors (Lipinski definition) is 7. The van der Waals surface area contributed by atoms with E-state index in [1.165, 1.54) is 6.07 Å². The molecule has 5 N–H and O–H groups in total. The minimum atomic E-state index is -0.885. The summed E-state index contributed by atoms with van der Waals surface area (Å²) in [7, 11) is 0. The Morgan fingerprint density at radius 3 is 2.09 bits per heavy atom. The summed E-state index contributed by atoms with van der Waals surface area (Å²) in [5.74, 6) is -4.77. The predicted molar refractivity (Wildman–Crippen MR) is 77.8 cm³/mol. The molecule has 0 unspecified atom stereocenters. The number of benzene rings is 2. The first-order chi connectivity index (χ1) is 10.8. The molecule has 0 aromatic heterocycles. The van der Waals surface area contributed by atoms with E-state index in [0.29, 0.717) is 0 Å². The van der Waals surface area contributed by atoms with E-state index in [1.807, 2.05) is 0 Å². The van der Waals surface area contributed by atoms with Crippen LogP contribution < -0.4 is 0 Å². The van der Waals surface area contributed by atoms with Crippen LogP contribution in [-0.2, 0) is 0 Å². The van der Waals surface area contributed by atoms with Crippen molar-refractivity contribution in [3.05, 3.63) is 47.0 Å². The average Bonchev–Trinajstić information content (AvgIpc) is 2.51. The summed E-state index contributed by atoms with van der Waals surface area (Å²) in [6, 6.07) is 4.48. The lowest BCUT2D eigenvalue weighted by Gasteiger charge is -2.17. The maximum Gasteiger partial charge on any atom is 0.201 e. The van der Waals surface area contributed by atoms with Crippen molar-refractivity contribution in [1.29, 1.82) is 0 Å². The molecule has 0 bridgehead atoms. The van der Waals surface area contributed by atoms with Gasteiger partial charge < -0.3 is 25.5 Å². The maximum atomic E-state index is 12.5. The highest BCUT2D eigenvalue weighted by Gasteiger charge is 2.32. The quantitative estimate of drug-likeness (QED) is 0.505. The van der Waals surface area contributed by atoms with Gasteiger partial charge in [-0.05, 0) is 29.8 Å². The third-order valence-corrected chi connectivity index (χ3v) is 3.55. The van der Waals surface area contributed by atoms with E-state index >= 15 is 0 Å². The lowest BCUT2D eigenvalue weighted by Crippen LogP contribution is -2.16. The summed E-state index contributed by atoms with van der Waals surface area (Å²) < 4.78 is 0. The fraction of sp³-hybridized carbons (Fsp3) is 0. The van der Waals surface area contributed by atoms with Crippen molar-refractivity contribution in [2.45, 2.75) is 0 Å². The first-order valence-electron chi connectivity index (χ1n) is 6.42. The Morgan fingerprint density at radius 1 is 0.739 bits per heavy atom. The van der Waals surface area contributed by atoms with Crippen LogP contribution in [0.15, 0.2) is 30.3 Å². The largest absolute Gasteiger partial charge is 0.504 e. The highest BCUT2D eigenvalue weighted by molar-refractivity contribution is 6.39. The predicted octanol–water partition coefficient (Wildman–Crippen LogP) is 1.68. The van der Waals surface area contributed by atoms with Crippen LogP contribution in [0.3, 0.4) is 0 Å². The van der Waals surface area contributed by atoms with Crippen molar-refractivity contribution in [3.8, 4) is 28.7 Å². The highest BCUT2D eigenvalue weighted by Crippen LogP contribution is 2.43. The van der Waals surface area contributed by atoms with Crippen molar-refractivity contribution in [3.63, 3.8) is 0 Å². The van der Waals surface area contributed by atoms with Crippen molar-refractivity contribution in [2.75, 3.05) is 0 Å². The fourth-order valence-electron chi connectivity index (χ4n) is 2.39. The molecular formula is C16H10O7. The minimum absolute atomic E-state index is 0.0812. The van der Waals surface area contributed by atoms with E-state index in [-0.39, 0.29) is 22.4 Å². The monoisotopic (exact) mass is 314 g/mol. The first kappa shape index (κ1) is 14.5. The lowest BCUT2D eigenvalue weighted by atomic mass is 9.85. The minimum Gasteiger partial charge on any atom is -0.504 e. The van der Waals surface area contributed by atoms with Gasteiger partial charge in [0.05, 0.1) is 5.56 Å². The van der Waals surface area contributed by atoms with E-state index in [4.69, 9.17) is 0 Å². The van der Waals surface area contributed by atoms with Crippen LogP contribution in [0.4, 0.5) is 0 Å². The summed E-state index contributed by atoms with van der Waals surface area (Å²) in [6.45, 7) is 0. The molecule has 0 radical (unpaired) electrons. The number of carbonyl (C=O) groups excluding carboxylic acids is 2. The van der Waals surface area contributed by atoms with Gasteiger partial charge in [-0.1, -0.05) is 6.07 Å².